The third-order valence-electron chi connectivity index (χ3n) is 2.99. The van der Waals surface area contributed by atoms with Gasteiger partial charge in [0.15, 0.2) is 7.05 Å². The number of nitrogens with zero attached hydrogens (tertiary/aromatic N) is 2. The smallest absolute Gasteiger partial charge is 0.326 e. The summed E-state index contributed by atoms with van der Waals surface area (Å²) in [5, 5.41) is 9.05. The third kappa shape index (κ3) is 2.09. The maximum atomic E-state index is 11.7. The minimum Gasteiger partial charge on any atom is -0.480 e. The van der Waals surface area contributed by atoms with Crippen LogP contribution in [0.15, 0.2) is 24.3 Å². The first kappa shape index (κ1) is 12.2. The van der Waals surface area contributed by atoms with Crippen molar-refractivity contribution in [2.75, 3.05) is 11.9 Å². The van der Waals surface area contributed by atoms with Crippen molar-refractivity contribution in [2.24, 2.45) is 0 Å². The van der Waals surface area contributed by atoms with Gasteiger partial charge in [-0.2, -0.15) is 0 Å². The van der Waals surface area contributed by atoms with Crippen LogP contribution in [0.4, 0.5) is 11.4 Å². The summed E-state index contributed by atoms with van der Waals surface area (Å²) in [6.07, 6.45) is 0.553. The molecule has 1 amide bonds. The van der Waals surface area contributed by atoms with Gasteiger partial charge < -0.3 is 5.11 Å². The van der Waals surface area contributed by atoms with E-state index in [1.54, 1.807) is 24.3 Å². The summed E-state index contributed by atoms with van der Waals surface area (Å²) >= 11 is 0. The largest absolute Gasteiger partial charge is 0.480 e. The van der Waals surface area contributed by atoms with Crippen LogP contribution in [0, 0.1) is 4.91 Å². The molecule has 1 aromatic carbocycles. The maximum Gasteiger partial charge on any atom is 0.326 e. The van der Waals surface area contributed by atoms with Gasteiger partial charge in [-0.3, -0.25) is 9.69 Å². The number of anilines is 1. The number of benzene rings is 1. The van der Waals surface area contributed by atoms with Gasteiger partial charge in [0.2, 0.25) is 5.91 Å². The maximum absolute atomic E-state index is 11.7. The molecular formula is C12H13N2O4+. The van der Waals surface area contributed by atoms with Crippen LogP contribution in [0.25, 0.3) is 0 Å². The topological polar surface area (TPSA) is 77.7 Å². The van der Waals surface area contributed by atoms with Gasteiger partial charge in [-0.1, -0.05) is 0 Å². The van der Waals surface area contributed by atoms with E-state index in [4.69, 9.17) is 5.11 Å². The average Bonchev–Trinajstić information content (AvgIpc) is 2.71. The predicted octanol–water partition coefficient (Wildman–Crippen LogP) is 1.31. The Bertz CT molecular complexity index is 509. The van der Waals surface area contributed by atoms with E-state index in [2.05, 4.69) is 0 Å². The summed E-state index contributed by atoms with van der Waals surface area (Å²) < 4.78 is 0.699. The van der Waals surface area contributed by atoms with Gasteiger partial charge in [0, 0.05) is 33.9 Å². The fourth-order valence-corrected chi connectivity index (χ4v) is 2.06. The first-order chi connectivity index (χ1) is 8.50. The molecule has 1 aliphatic heterocycles. The van der Waals surface area contributed by atoms with Crippen LogP contribution in [0.3, 0.4) is 0 Å². The molecule has 0 aromatic heterocycles. The molecule has 1 fully saturated rings. The normalized spacial score (nSPS) is 19.1. The fourth-order valence-electron chi connectivity index (χ4n) is 2.06. The quantitative estimate of drug-likeness (QED) is 0.819. The minimum atomic E-state index is -1.01. The predicted molar refractivity (Wildman–Crippen MR) is 63.8 cm³/mol. The van der Waals surface area contributed by atoms with E-state index < -0.39 is 12.0 Å². The number of carbonyl (C=O) groups is 2. The Kier molecular flexibility index (Phi) is 3.10. The van der Waals surface area contributed by atoms with Crippen molar-refractivity contribution in [3.8, 4) is 0 Å². The second kappa shape index (κ2) is 4.56. The Morgan fingerprint density at radius 1 is 1.39 bits per heavy atom. The molecule has 6 nitrogen and oxygen atoms in total. The van der Waals surface area contributed by atoms with Crippen LogP contribution in [-0.2, 0) is 9.59 Å². The SMILES string of the molecule is C[N+](=O)c1ccc(N2C(=O)CCC2C(=O)O)cc1. The summed E-state index contributed by atoms with van der Waals surface area (Å²) in [6, 6.07) is 5.49. The highest BCUT2D eigenvalue weighted by atomic mass is 16.4. The van der Waals surface area contributed by atoms with E-state index in [-0.39, 0.29) is 12.3 Å². The van der Waals surface area contributed by atoms with E-state index in [1.165, 1.54) is 11.9 Å². The number of carboxylic acid groups (broad SMARTS) is 1. The summed E-state index contributed by atoms with van der Waals surface area (Å²) in [5.41, 5.74) is 0.966. The van der Waals surface area contributed by atoms with Crippen molar-refractivity contribution in [2.45, 2.75) is 18.9 Å². The first-order valence-corrected chi connectivity index (χ1v) is 5.56. The molecule has 1 saturated heterocycles. The van der Waals surface area contributed by atoms with Crippen molar-refractivity contribution < 1.29 is 19.5 Å². The molecule has 2 rings (SSSR count). The molecule has 1 aliphatic rings. The van der Waals surface area contributed by atoms with Crippen molar-refractivity contribution in [1.29, 1.82) is 0 Å². The van der Waals surface area contributed by atoms with Gasteiger partial charge in [0.05, 0.1) is 0 Å². The lowest BCUT2D eigenvalue weighted by Crippen LogP contribution is -2.38. The number of hydrogen-bond donors (Lipinski definition) is 1. The Balaban J connectivity index is 2.32. The second-order valence-electron chi connectivity index (χ2n) is 4.17. The Labute approximate surface area is 103 Å². The summed E-state index contributed by atoms with van der Waals surface area (Å²) in [6.45, 7) is 0. The van der Waals surface area contributed by atoms with Crippen molar-refractivity contribution >= 4 is 23.3 Å². The lowest BCUT2D eigenvalue weighted by Gasteiger charge is -2.21. The Morgan fingerprint density at radius 3 is 2.50 bits per heavy atom. The lowest BCUT2D eigenvalue weighted by molar-refractivity contribution is -0.428. The highest BCUT2D eigenvalue weighted by Gasteiger charge is 2.37. The monoisotopic (exact) mass is 249 g/mol. The summed E-state index contributed by atoms with van der Waals surface area (Å²) in [4.78, 5) is 35.1. The van der Waals surface area contributed by atoms with Gasteiger partial charge in [0.25, 0.3) is 5.69 Å². The Morgan fingerprint density at radius 2 is 2.00 bits per heavy atom. The third-order valence-corrected chi connectivity index (χ3v) is 2.99. The molecule has 0 saturated carbocycles. The first-order valence-electron chi connectivity index (χ1n) is 5.56. The van der Waals surface area contributed by atoms with E-state index in [0.717, 1.165) is 0 Å². The number of carboxylic acids is 1. The zero-order valence-corrected chi connectivity index (χ0v) is 9.87. The average molecular weight is 249 g/mol. The fraction of sp³-hybridized carbons (Fsp3) is 0.333. The van der Waals surface area contributed by atoms with Crippen LogP contribution in [0.5, 0.6) is 0 Å². The molecule has 0 spiro atoms. The zero-order valence-electron chi connectivity index (χ0n) is 9.87. The molecule has 18 heavy (non-hydrogen) atoms. The number of rotatable bonds is 3. The van der Waals surface area contributed by atoms with Crippen LogP contribution < -0.4 is 4.90 Å². The highest BCUT2D eigenvalue weighted by Crippen LogP contribution is 2.28. The van der Waals surface area contributed by atoms with Gasteiger partial charge in [-0.25, -0.2) is 4.79 Å². The Hall–Kier alpha value is -2.24. The van der Waals surface area contributed by atoms with E-state index in [9.17, 15) is 14.5 Å². The van der Waals surface area contributed by atoms with Gasteiger partial charge in [0.1, 0.15) is 6.04 Å². The van der Waals surface area contributed by atoms with Gasteiger partial charge in [-0.15, -0.1) is 0 Å². The molecule has 1 unspecified atom stereocenters. The van der Waals surface area contributed by atoms with Gasteiger partial charge >= 0.3 is 5.97 Å². The summed E-state index contributed by atoms with van der Waals surface area (Å²) in [7, 11) is 1.37. The molecule has 0 bridgehead atoms. The number of aliphatic carboxylic acids is 1. The molecular weight excluding hydrogens is 236 g/mol. The number of hydrogen-bond acceptors (Lipinski definition) is 3. The number of nitroso groups, excluding NO2 is 1. The summed E-state index contributed by atoms with van der Waals surface area (Å²) in [5.74, 6) is -1.21. The van der Waals surface area contributed by atoms with Crippen LogP contribution >= 0.6 is 0 Å². The standard InChI is InChI=1S/C12H12N2O4/c1-13(18)8-2-4-9(5-3-8)14-10(12(16)17)6-7-11(14)15/h2-5,10H,6-7H2,1H3/p+1. The van der Waals surface area contributed by atoms with Crippen LogP contribution in [0.2, 0.25) is 0 Å². The lowest BCUT2D eigenvalue weighted by atomic mass is 10.2. The second-order valence-corrected chi connectivity index (χ2v) is 4.17. The highest BCUT2D eigenvalue weighted by molar-refractivity contribution is 6.02. The van der Waals surface area contributed by atoms with Crippen molar-refractivity contribution in [3.63, 3.8) is 0 Å². The van der Waals surface area contributed by atoms with E-state index >= 15 is 0 Å². The van der Waals surface area contributed by atoms with E-state index in [0.29, 0.717) is 22.6 Å². The molecule has 1 heterocycles. The van der Waals surface area contributed by atoms with Crippen molar-refractivity contribution in [1.82, 2.24) is 0 Å². The van der Waals surface area contributed by atoms with Crippen LogP contribution in [-0.4, -0.2) is 34.8 Å². The molecule has 1 aromatic rings. The van der Waals surface area contributed by atoms with Gasteiger partial charge in [-0.05, 0) is 18.6 Å². The molecule has 1 N–H and O–H groups in total. The molecule has 0 radical (unpaired) electrons. The molecule has 1 atom stereocenters. The number of amides is 1. The van der Waals surface area contributed by atoms with Crippen LogP contribution in [0.1, 0.15) is 12.8 Å². The molecule has 94 valence electrons. The van der Waals surface area contributed by atoms with E-state index in [1.807, 2.05) is 0 Å². The minimum absolute atomic E-state index is 0.203. The molecule has 6 heteroatoms. The number of carbonyl (C=O) groups excluding carboxylic acids is 1. The molecule has 0 aliphatic carbocycles. The zero-order chi connectivity index (χ0) is 13.3. The van der Waals surface area contributed by atoms with Crippen molar-refractivity contribution in [3.05, 3.63) is 29.2 Å².